The quantitative estimate of drug-likeness (QED) is 0.856. The number of para-hydroxylation sites is 1. The third-order valence-corrected chi connectivity index (χ3v) is 2.70. The van der Waals surface area contributed by atoms with Crippen LogP contribution in [0.4, 0.5) is 4.39 Å². The molecule has 4 nitrogen and oxygen atoms in total. The van der Waals surface area contributed by atoms with Gasteiger partial charge in [0.1, 0.15) is 5.88 Å². The van der Waals surface area contributed by atoms with E-state index in [0.717, 1.165) is 5.56 Å². The average molecular weight is 331 g/mol. The molecule has 0 atom stereocenters. The molecule has 1 heterocycles. The van der Waals surface area contributed by atoms with Crippen LogP contribution in [-0.4, -0.2) is 16.8 Å². The highest BCUT2D eigenvalue weighted by molar-refractivity contribution is 6.27. The van der Waals surface area contributed by atoms with Crippen molar-refractivity contribution in [2.24, 2.45) is 0 Å². The highest BCUT2D eigenvalue weighted by Gasteiger charge is 2.05. The molecule has 0 saturated heterocycles. The maximum absolute atomic E-state index is 13.5. The Bertz CT molecular complexity index is 611. The van der Waals surface area contributed by atoms with Gasteiger partial charge in [-0.1, -0.05) is 12.1 Å². The van der Waals surface area contributed by atoms with Crippen molar-refractivity contribution in [3.05, 3.63) is 54.0 Å². The Labute approximate surface area is 132 Å². The zero-order chi connectivity index (χ0) is 14.4. The third kappa shape index (κ3) is 5.21. The summed E-state index contributed by atoms with van der Waals surface area (Å²) in [5.41, 5.74) is 0.782. The number of halogens is 3. The highest BCUT2D eigenvalue weighted by Crippen LogP contribution is 2.22. The number of amides is 1. The van der Waals surface area contributed by atoms with Gasteiger partial charge in [0, 0.05) is 18.8 Å². The molecule has 0 aliphatic carbocycles. The van der Waals surface area contributed by atoms with Crippen LogP contribution in [0, 0.1) is 5.82 Å². The van der Waals surface area contributed by atoms with E-state index in [1.54, 1.807) is 24.3 Å². The topological polar surface area (TPSA) is 51.2 Å². The predicted molar refractivity (Wildman–Crippen MR) is 80.5 cm³/mol. The number of aromatic nitrogens is 1. The average Bonchev–Trinajstić information content (AvgIpc) is 2.47. The number of hydrogen-bond donors (Lipinski definition) is 1. The van der Waals surface area contributed by atoms with Gasteiger partial charge in [-0.05, 0) is 23.8 Å². The molecule has 1 aromatic carbocycles. The largest absolute Gasteiger partial charge is 0.436 e. The van der Waals surface area contributed by atoms with Gasteiger partial charge in [-0.25, -0.2) is 9.37 Å². The fraction of sp³-hybridized carbons (Fsp3) is 0.143. The summed E-state index contributed by atoms with van der Waals surface area (Å²) >= 11 is 5.38. The molecule has 1 aromatic heterocycles. The van der Waals surface area contributed by atoms with Gasteiger partial charge in [0.25, 0.3) is 0 Å². The lowest BCUT2D eigenvalue weighted by Crippen LogP contribution is -2.23. The number of nitrogens with zero attached hydrogens (tertiary/aromatic N) is 1. The second-order valence-corrected chi connectivity index (χ2v) is 4.21. The van der Waals surface area contributed by atoms with E-state index in [4.69, 9.17) is 16.3 Å². The van der Waals surface area contributed by atoms with Crippen molar-refractivity contribution >= 4 is 29.9 Å². The molecule has 21 heavy (non-hydrogen) atoms. The maximum atomic E-state index is 13.5. The van der Waals surface area contributed by atoms with Crippen molar-refractivity contribution in [3.8, 4) is 11.6 Å². The van der Waals surface area contributed by atoms with Crippen LogP contribution in [0.15, 0.2) is 42.6 Å². The minimum absolute atomic E-state index is 0. The predicted octanol–water partition coefficient (Wildman–Crippen LogP) is 3.29. The number of benzene rings is 1. The van der Waals surface area contributed by atoms with Crippen LogP contribution < -0.4 is 10.1 Å². The number of carbonyl (C=O) groups excluding carboxylic acids is 1. The number of ether oxygens (including phenoxy) is 1. The molecule has 0 aliphatic heterocycles. The number of alkyl halides is 1. The Hall–Kier alpha value is -1.85. The van der Waals surface area contributed by atoms with E-state index in [2.05, 4.69) is 10.3 Å². The summed E-state index contributed by atoms with van der Waals surface area (Å²) in [4.78, 5) is 15.1. The standard InChI is InChI=1S/C14H12ClFN2O2.ClH/c15-8-13(19)18-9-10-5-6-17-14(7-10)20-12-4-2-1-3-11(12)16;/h1-7H,8-9H2,(H,18,19);1H. The first-order valence-electron chi connectivity index (χ1n) is 5.89. The second kappa shape index (κ2) is 8.44. The summed E-state index contributed by atoms with van der Waals surface area (Å²) in [5.74, 6) is -0.464. The molecule has 112 valence electrons. The number of carbonyl (C=O) groups is 1. The normalized spacial score (nSPS) is 9.62. The summed E-state index contributed by atoms with van der Waals surface area (Å²) in [6, 6.07) is 9.42. The summed E-state index contributed by atoms with van der Waals surface area (Å²) < 4.78 is 18.8. The first-order valence-corrected chi connectivity index (χ1v) is 6.42. The zero-order valence-electron chi connectivity index (χ0n) is 10.9. The van der Waals surface area contributed by atoms with Crippen molar-refractivity contribution in [3.63, 3.8) is 0 Å². The Balaban J connectivity index is 0.00000220. The zero-order valence-corrected chi connectivity index (χ0v) is 12.5. The Morgan fingerprint density at radius 1 is 1.33 bits per heavy atom. The van der Waals surface area contributed by atoms with Crippen LogP contribution in [-0.2, 0) is 11.3 Å². The highest BCUT2D eigenvalue weighted by atomic mass is 35.5. The van der Waals surface area contributed by atoms with Gasteiger partial charge >= 0.3 is 0 Å². The molecular weight excluding hydrogens is 318 g/mol. The number of nitrogens with one attached hydrogen (secondary N) is 1. The Kier molecular flexibility index (Phi) is 6.91. The van der Waals surface area contributed by atoms with Gasteiger partial charge in [-0.3, -0.25) is 4.79 Å². The minimum Gasteiger partial charge on any atom is -0.436 e. The summed E-state index contributed by atoms with van der Waals surface area (Å²) in [6.45, 7) is 0.307. The van der Waals surface area contributed by atoms with Gasteiger partial charge in [0.15, 0.2) is 11.6 Å². The molecule has 0 fully saturated rings. The first-order chi connectivity index (χ1) is 9.69. The van der Waals surface area contributed by atoms with Gasteiger partial charge < -0.3 is 10.1 Å². The molecule has 0 spiro atoms. The van der Waals surface area contributed by atoms with Crippen molar-refractivity contribution in [1.29, 1.82) is 0 Å². The first kappa shape index (κ1) is 17.2. The van der Waals surface area contributed by atoms with Crippen molar-refractivity contribution in [1.82, 2.24) is 10.3 Å². The molecule has 0 saturated carbocycles. The molecular formula is C14H13Cl2FN2O2. The van der Waals surface area contributed by atoms with Crippen LogP contribution in [0.1, 0.15) is 5.56 Å². The van der Waals surface area contributed by atoms with Crippen LogP contribution in [0.25, 0.3) is 0 Å². The van der Waals surface area contributed by atoms with E-state index >= 15 is 0 Å². The van der Waals surface area contributed by atoms with Gasteiger partial charge in [0.05, 0.1) is 0 Å². The van der Waals surface area contributed by atoms with Gasteiger partial charge in [0.2, 0.25) is 11.8 Å². The molecule has 0 unspecified atom stereocenters. The van der Waals surface area contributed by atoms with Crippen molar-refractivity contribution in [2.45, 2.75) is 6.54 Å². The van der Waals surface area contributed by atoms with Crippen LogP contribution >= 0.6 is 24.0 Å². The molecule has 0 aliphatic rings. The smallest absolute Gasteiger partial charge is 0.235 e. The summed E-state index contributed by atoms with van der Waals surface area (Å²) in [5, 5.41) is 2.62. The second-order valence-electron chi connectivity index (χ2n) is 3.95. The minimum atomic E-state index is -0.463. The lowest BCUT2D eigenvalue weighted by Gasteiger charge is -2.07. The van der Waals surface area contributed by atoms with Crippen LogP contribution in [0.3, 0.4) is 0 Å². The van der Waals surface area contributed by atoms with Crippen LogP contribution in [0.2, 0.25) is 0 Å². The molecule has 2 aromatic rings. The van der Waals surface area contributed by atoms with E-state index < -0.39 is 5.82 Å². The van der Waals surface area contributed by atoms with Gasteiger partial charge in [-0.2, -0.15) is 0 Å². The SMILES string of the molecule is Cl.O=C(CCl)NCc1ccnc(Oc2ccccc2F)c1. The number of hydrogen-bond acceptors (Lipinski definition) is 3. The summed E-state index contributed by atoms with van der Waals surface area (Å²) in [6.07, 6.45) is 1.53. The monoisotopic (exact) mass is 330 g/mol. The van der Waals surface area contributed by atoms with Gasteiger partial charge in [-0.15, -0.1) is 24.0 Å². The lowest BCUT2D eigenvalue weighted by atomic mass is 10.2. The van der Waals surface area contributed by atoms with Crippen molar-refractivity contribution < 1.29 is 13.9 Å². The summed E-state index contributed by atoms with van der Waals surface area (Å²) in [7, 11) is 0. The third-order valence-electron chi connectivity index (χ3n) is 2.46. The molecule has 2 rings (SSSR count). The lowest BCUT2D eigenvalue weighted by molar-refractivity contribution is -0.118. The number of pyridine rings is 1. The fourth-order valence-corrected chi connectivity index (χ4v) is 1.60. The number of rotatable bonds is 5. The Morgan fingerprint density at radius 2 is 2.10 bits per heavy atom. The molecule has 0 bridgehead atoms. The van der Waals surface area contributed by atoms with E-state index in [9.17, 15) is 9.18 Å². The van der Waals surface area contributed by atoms with E-state index in [1.165, 1.54) is 18.3 Å². The van der Waals surface area contributed by atoms with Crippen molar-refractivity contribution in [2.75, 3.05) is 5.88 Å². The van der Waals surface area contributed by atoms with Crippen LogP contribution in [0.5, 0.6) is 11.6 Å². The van der Waals surface area contributed by atoms with E-state index in [-0.39, 0.29) is 35.8 Å². The van der Waals surface area contributed by atoms with E-state index in [1.807, 2.05) is 0 Å². The molecule has 0 radical (unpaired) electrons. The fourth-order valence-electron chi connectivity index (χ4n) is 1.50. The van der Waals surface area contributed by atoms with E-state index in [0.29, 0.717) is 6.54 Å². The molecule has 7 heteroatoms. The molecule has 1 amide bonds. The molecule has 1 N–H and O–H groups in total. The maximum Gasteiger partial charge on any atom is 0.235 e. The Morgan fingerprint density at radius 3 is 2.81 bits per heavy atom.